The predicted octanol–water partition coefficient (Wildman–Crippen LogP) is 3.55. The first kappa shape index (κ1) is 13.2. The van der Waals surface area contributed by atoms with Crippen LogP contribution in [0.3, 0.4) is 0 Å². The van der Waals surface area contributed by atoms with Crippen LogP contribution in [0.4, 0.5) is 0 Å². The Labute approximate surface area is 114 Å². The van der Waals surface area contributed by atoms with Crippen molar-refractivity contribution in [1.29, 1.82) is 5.26 Å². The molecule has 2 nitrogen and oxygen atoms in total. The molecular weight excluding hydrogens is 234 g/mol. The van der Waals surface area contributed by atoms with Gasteiger partial charge in [0.15, 0.2) is 0 Å². The van der Waals surface area contributed by atoms with Gasteiger partial charge in [0.2, 0.25) is 0 Å². The fourth-order valence-corrected chi connectivity index (χ4v) is 2.07. The predicted molar refractivity (Wildman–Crippen MR) is 76.2 cm³/mol. The molecule has 0 aromatic heterocycles. The van der Waals surface area contributed by atoms with Crippen LogP contribution in [0.1, 0.15) is 16.7 Å². The maximum atomic E-state index is 8.71. The summed E-state index contributed by atoms with van der Waals surface area (Å²) in [7, 11) is 1.68. The fraction of sp³-hybridized carbons (Fsp3) is 0.235. The van der Waals surface area contributed by atoms with Crippen LogP contribution in [0, 0.1) is 11.3 Å². The average Bonchev–Trinajstić information content (AvgIpc) is 2.46. The summed E-state index contributed by atoms with van der Waals surface area (Å²) in [6, 6.07) is 18.6. The molecule has 0 bridgehead atoms. The van der Waals surface area contributed by atoms with E-state index in [-0.39, 0.29) is 0 Å². The summed E-state index contributed by atoms with van der Waals surface area (Å²) in [4.78, 5) is 0. The zero-order valence-electron chi connectivity index (χ0n) is 11.1. The third-order valence-electron chi connectivity index (χ3n) is 3.14. The number of methoxy groups -OCH3 is 1. The maximum absolute atomic E-state index is 8.71. The van der Waals surface area contributed by atoms with Crippen molar-refractivity contribution in [2.45, 2.75) is 19.3 Å². The number of ether oxygens (including phenoxy) is 1. The van der Waals surface area contributed by atoms with Gasteiger partial charge in [0.25, 0.3) is 0 Å². The normalized spacial score (nSPS) is 9.89. The summed E-state index contributed by atoms with van der Waals surface area (Å²) >= 11 is 0. The van der Waals surface area contributed by atoms with E-state index < -0.39 is 0 Å². The number of hydrogen-bond donors (Lipinski definition) is 0. The molecular formula is C17H17NO. The molecule has 2 rings (SSSR count). The first-order valence-corrected chi connectivity index (χ1v) is 6.39. The van der Waals surface area contributed by atoms with E-state index in [1.807, 2.05) is 24.3 Å². The summed E-state index contributed by atoms with van der Waals surface area (Å²) < 4.78 is 5.14. The highest BCUT2D eigenvalue weighted by molar-refractivity contribution is 5.29. The van der Waals surface area contributed by atoms with Gasteiger partial charge in [-0.3, -0.25) is 0 Å². The highest BCUT2D eigenvalue weighted by Gasteiger charge is 1.99. The Balaban J connectivity index is 1.97. The van der Waals surface area contributed by atoms with Crippen LogP contribution in [0.2, 0.25) is 0 Å². The molecule has 2 aromatic rings. The van der Waals surface area contributed by atoms with Crippen LogP contribution in [-0.2, 0) is 19.3 Å². The van der Waals surface area contributed by atoms with Crippen molar-refractivity contribution in [1.82, 2.24) is 0 Å². The molecule has 0 aliphatic rings. The largest absolute Gasteiger partial charge is 0.497 e. The van der Waals surface area contributed by atoms with E-state index in [0.717, 1.165) is 24.2 Å². The second kappa shape index (κ2) is 6.61. The van der Waals surface area contributed by atoms with Crippen LogP contribution in [-0.4, -0.2) is 7.11 Å². The first-order chi connectivity index (χ1) is 9.31. The smallest absolute Gasteiger partial charge is 0.118 e. The van der Waals surface area contributed by atoms with Crippen LogP contribution < -0.4 is 4.74 Å². The Bertz CT molecular complexity index is 567. The molecule has 0 radical (unpaired) electrons. The van der Waals surface area contributed by atoms with E-state index in [0.29, 0.717) is 6.42 Å². The molecule has 2 heteroatoms. The van der Waals surface area contributed by atoms with Crippen molar-refractivity contribution in [2.24, 2.45) is 0 Å². The molecule has 0 atom stereocenters. The van der Waals surface area contributed by atoms with E-state index in [4.69, 9.17) is 10.00 Å². The summed E-state index contributed by atoms with van der Waals surface area (Å²) in [5.41, 5.74) is 3.67. The number of nitriles is 1. The lowest BCUT2D eigenvalue weighted by atomic mass is 10.0. The summed E-state index contributed by atoms with van der Waals surface area (Å²) in [6.07, 6.45) is 2.47. The highest BCUT2D eigenvalue weighted by atomic mass is 16.5. The lowest BCUT2D eigenvalue weighted by Gasteiger charge is -2.05. The molecule has 0 aliphatic carbocycles. The average molecular weight is 251 g/mol. The first-order valence-electron chi connectivity index (χ1n) is 6.39. The molecule has 0 saturated heterocycles. The molecule has 0 unspecified atom stereocenters. The van der Waals surface area contributed by atoms with E-state index in [2.05, 4.69) is 30.3 Å². The van der Waals surface area contributed by atoms with Gasteiger partial charge in [-0.1, -0.05) is 36.4 Å². The van der Waals surface area contributed by atoms with Crippen LogP contribution in [0.15, 0.2) is 48.5 Å². The molecule has 96 valence electrons. The van der Waals surface area contributed by atoms with Gasteiger partial charge >= 0.3 is 0 Å². The summed E-state index contributed by atoms with van der Waals surface area (Å²) in [6.45, 7) is 0. The van der Waals surface area contributed by atoms with Gasteiger partial charge in [-0.2, -0.15) is 5.26 Å². The van der Waals surface area contributed by atoms with E-state index >= 15 is 0 Å². The van der Waals surface area contributed by atoms with Crippen molar-refractivity contribution in [2.75, 3.05) is 7.11 Å². The maximum Gasteiger partial charge on any atom is 0.118 e. The number of aryl methyl sites for hydroxylation is 2. The van der Waals surface area contributed by atoms with Gasteiger partial charge in [-0.15, -0.1) is 0 Å². The minimum Gasteiger partial charge on any atom is -0.497 e. The lowest BCUT2D eigenvalue weighted by molar-refractivity contribution is 0.414. The van der Waals surface area contributed by atoms with Gasteiger partial charge in [-0.05, 0) is 41.7 Å². The van der Waals surface area contributed by atoms with E-state index in [9.17, 15) is 0 Å². The molecule has 0 aliphatic heterocycles. The molecule has 0 fully saturated rings. The second-order valence-corrected chi connectivity index (χ2v) is 4.50. The van der Waals surface area contributed by atoms with Gasteiger partial charge in [0.1, 0.15) is 5.75 Å². The third kappa shape index (κ3) is 3.86. The minimum absolute atomic E-state index is 0.483. The zero-order chi connectivity index (χ0) is 13.5. The van der Waals surface area contributed by atoms with Crippen LogP contribution >= 0.6 is 0 Å². The van der Waals surface area contributed by atoms with Crippen LogP contribution in [0.5, 0.6) is 5.75 Å². The molecule has 0 spiro atoms. The molecule has 19 heavy (non-hydrogen) atoms. The Morgan fingerprint density at radius 2 is 1.63 bits per heavy atom. The monoisotopic (exact) mass is 251 g/mol. The van der Waals surface area contributed by atoms with Crippen molar-refractivity contribution < 1.29 is 4.74 Å². The van der Waals surface area contributed by atoms with Crippen molar-refractivity contribution in [3.8, 4) is 11.8 Å². The molecule has 0 N–H and O–H groups in total. The standard InChI is InChI=1S/C17H17NO/c1-19-17-9-7-14(8-10-17)5-6-15-3-2-4-16(13-15)11-12-18/h2-4,7-10,13H,5-6,11H2,1H3. The minimum atomic E-state index is 0.483. The Morgan fingerprint density at radius 1 is 0.947 bits per heavy atom. The van der Waals surface area contributed by atoms with Crippen molar-refractivity contribution >= 4 is 0 Å². The topological polar surface area (TPSA) is 33.0 Å². The number of nitrogens with zero attached hydrogens (tertiary/aromatic N) is 1. The quantitative estimate of drug-likeness (QED) is 0.814. The van der Waals surface area contributed by atoms with Gasteiger partial charge in [0.05, 0.1) is 19.6 Å². The SMILES string of the molecule is COc1ccc(CCc2cccc(CC#N)c2)cc1. The van der Waals surface area contributed by atoms with E-state index in [1.165, 1.54) is 11.1 Å². The molecule has 2 aromatic carbocycles. The van der Waals surface area contributed by atoms with Crippen LogP contribution in [0.25, 0.3) is 0 Å². The Hall–Kier alpha value is -2.27. The summed E-state index contributed by atoms with van der Waals surface area (Å²) in [5, 5.41) is 8.71. The van der Waals surface area contributed by atoms with Crippen molar-refractivity contribution in [3.63, 3.8) is 0 Å². The van der Waals surface area contributed by atoms with Gasteiger partial charge in [0, 0.05) is 0 Å². The zero-order valence-corrected chi connectivity index (χ0v) is 11.1. The molecule has 0 heterocycles. The lowest BCUT2D eigenvalue weighted by Crippen LogP contribution is -1.93. The third-order valence-corrected chi connectivity index (χ3v) is 3.14. The molecule has 0 amide bonds. The fourth-order valence-electron chi connectivity index (χ4n) is 2.07. The van der Waals surface area contributed by atoms with Gasteiger partial charge in [-0.25, -0.2) is 0 Å². The second-order valence-electron chi connectivity index (χ2n) is 4.50. The molecule has 0 saturated carbocycles. The summed E-state index contributed by atoms with van der Waals surface area (Å²) in [5.74, 6) is 0.889. The number of rotatable bonds is 5. The number of benzene rings is 2. The van der Waals surface area contributed by atoms with Gasteiger partial charge < -0.3 is 4.74 Å². The Kier molecular flexibility index (Phi) is 4.58. The Morgan fingerprint density at radius 3 is 2.32 bits per heavy atom. The highest BCUT2D eigenvalue weighted by Crippen LogP contribution is 2.14. The van der Waals surface area contributed by atoms with Crippen molar-refractivity contribution in [3.05, 3.63) is 65.2 Å². The van der Waals surface area contributed by atoms with E-state index in [1.54, 1.807) is 7.11 Å². The number of hydrogen-bond acceptors (Lipinski definition) is 2.